The number of ether oxygens (including phenoxy) is 1. The quantitative estimate of drug-likeness (QED) is 0.675. The van der Waals surface area contributed by atoms with Gasteiger partial charge in [0, 0.05) is 29.9 Å². The second kappa shape index (κ2) is 7.19. The average molecular weight is 394 g/mol. The number of aryl methyl sites for hydroxylation is 1. The number of benzene rings is 1. The smallest absolute Gasteiger partial charge is 0.245 e. The van der Waals surface area contributed by atoms with Gasteiger partial charge in [-0.2, -0.15) is 9.57 Å². The van der Waals surface area contributed by atoms with Crippen molar-refractivity contribution in [2.24, 2.45) is 0 Å². The van der Waals surface area contributed by atoms with Crippen LogP contribution in [0.15, 0.2) is 53.6 Å². The molecular formula is C20H18N4O3S. The van der Waals surface area contributed by atoms with E-state index in [4.69, 9.17) is 10.00 Å². The van der Waals surface area contributed by atoms with Crippen LogP contribution in [0.4, 0.5) is 0 Å². The molecule has 0 saturated carbocycles. The van der Waals surface area contributed by atoms with E-state index in [2.05, 4.69) is 9.97 Å². The maximum atomic E-state index is 13.2. The topological polar surface area (TPSA) is 96.2 Å². The zero-order valence-electron chi connectivity index (χ0n) is 15.2. The molecule has 142 valence electrons. The number of pyridine rings is 2. The molecule has 0 N–H and O–H groups in total. The van der Waals surface area contributed by atoms with Gasteiger partial charge in [0.05, 0.1) is 23.7 Å². The minimum atomic E-state index is -3.70. The normalized spacial score (nSPS) is 17.5. The van der Waals surface area contributed by atoms with E-state index in [1.807, 2.05) is 31.2 Å². The molecule has 0 spiro atoms. The predicted octanol–water partition coefficient (Wildman–Crippen LogP) is 2.65. The number of nitrogens with zero attached hydrogens (tertiary/aromatic N) is 4. The van der Waals surface area contributed by atoms with Crippen molar-refractivity contribution < 1.29 is 13.2 Å². The number of hydrogen-bond acceptors (Lipinski definition) is 6. The van der Waals surface area contributed by atoms with Crippen LogP contribution in [0.25, 0.3) is 10.9 Å². The molecule has 1 saturated heterocycles. The van der Waals surface area contributed by atoms with Crippen LogP contribution in [-0.2, 0) is 10.0 Å². The average Bonchev–Trinajstić information content (AvgIpc) is 3.17. The number of fused-ring (bicyclic) bond motifs is 1. The number of hydrogen-bond donors (Lipinski definition) is 0. The van der Waals surface area contributed by atoms with Crippen LogP contribution in [0, 0.1) is 18.3 Å². The van der Waals surface area contributed by atoms with Gasteiger partial charge in [-0.1, -0.05) is 18.2 Å². The first-order valence-electron chi connectivity index (χ1n) is 8.87. The third-order valence-electron chi connectivity index (χ3n) is 4.70. The summed E-state index contributed by atoms with van der Waals surface area (Å²) >= 11 is 0. The molecule has 1 unspecified atom stereocenters. The highest BCUT2D eigenvalue weighted by molar-refractivity contribution is 7.89. The van der Waals surface area contributed by atoms with E-state index in [9.17, 15) is 8.42 Å². The molecule has 1 aliphatic rings. The fraction of sp³-hybridized carbons (Fsp3) is 0.250. The monoisotopic (exact) mass is 394 g/mol. The van der Waals surface area contributed by atoms with Gasteiger partial charge in [0.2, 0.25) is 15.9 Å². The van der Waals surface area contributed by atoms with E-state index >= 15 is 0 Å². The molecule has 4 rings (SSSR count). The van der Waals surface area contributed by atoms with Gasteiger partial charge in [0.15, 0.2) is 0 Å². The van der Waals surface area contributed by atoms with Crippen molar-refractivity contribution in [1.29, 1.82) is 5.26 Å². The van der Waals surface area contributed by atoms with Crippen LogP contribution < -0.4 is 4.74 Å². The van der Waals surface area contributed by atoms with Gasteiger partial charge in [-0.25, -0.2) is 13.4 Å². The summed E-state index contributed by atoms with van der Waals surface area (Å²) in [7, 11) is -3.70. The van der Waals surface area contributed by atoms with E-state index in [0.717, 1.165) is 11.1 Å². The number of nitriles is 1. The molecule has 0 bridgehead atoms. The second-order valence-corrected chi connectivity index (χ2v) is 8.57. The Labute approximate surface area is 163 Å². The molecule has 0 amide bonds. The Morgan fingerprint density at radius 1 is 1.25 bits per heavy atom. The Hall–Kier alpha value is -3.02. The van der Waals surface area contributed by atoms with E-state index in [-0.39, 0.29) is 17.5 Å². The standard InChI is InChI=1S/C20H18N4O3S/c1-14-5-6-16-3-2-4-18(20(16)23-14)28(25,26)24-10-8-17(13-24)27-19-11-15(12-21)7-9-22-19/h2-7,9,11,17H,8,10,13H2,1H3. The van der Waals surface area contributed by atoms with Gasteiger partial charge in [0.25, 0.3) is 0 Å². The van der Waals surface area contributed by atoms with Gasteiger partial charge in [-0.05, 0) is 31.5 Å². The SMILES string of the molecule is Cc1ccc2cccc(S(=O)(=O)N3CCC(Oc4cc(C#N)ccn4)C3)c2n1. The maximum Gasteiger partial charge on any atom is 0.245 e. The Morgan fingerprint density at radius 3 is 2.93 bits per heavy atom. The van der Waals surface area contributed by atoms with Crippen molar-refractivity contribution >= 4 is 20.9 Å². The number of sulfonamides is 1. The summed E-state index contributed by atoms with van der Waals surface area (Å²) in [6, 6.07) is 14.1. The molecule has 3 heterocycles. The third kappa shape index (κ3) is 3.42. The first-order valence-corrected chi connectivity index (χ1v) is 10.3. The Morgan fingerprint density at radius 2 is 2.11 bits per heavy atom. The lowest BCUT2D eigenvalue weighted by Crippen LogP contribution is -2.31. The number of aromatic nitrogens is 2. The Bertz CT molecular complexity index is 1190. The van der Waals surface area contributed by atoms with E-state index in [1.165, 1.54) is 10.5 Å². The fourth-order valence-corrected chi connectivity index (χ4v) is 4.94. The molecule has 2 aromatic heterocycles. The van der Waals surface area contributed by atoms with E-state index < -0.39 is 10.0 Å². The molecule has 8 heteroatoms. The van der Waals surface area contributed by atoms with E-state index in [1.54, 1.807) is 24.3 Å². The summed E-state index contributed by atoms with van der Waals surface area (Å²) < 4.78 is 33.7. The largest absolute Gasteiger partial charge is 0.473 e. The van der Waals surface area contributed by atoms with Crippen LogP contribution in [0.1, 0.15) is 17.7 Å². The van der Waals surface area contributed by atoms with Crippen LogP contribution in [0.3, 0.4) is 0 Å². The number of rotatable bonds is 4. The van der Waals surface area contributed by atoms with Gasteiger partial charge in [-0.15, -0.1) is 0 Å². The van der Waals surface area contributed by atoms with Gasteiger partial charge in [0.1, 0.15) is 11.0 Å². The maximum absolute atomic E-state index is 13.2. The highest BCUT2D eigenvalue weighted by Gasteiger charge is 2.35. The van der Waals surface area contributed by atoms with Crippen molar-refractivity contribution in [3.05, 3.63) is 59.9 Å². The summed E-state index contributed by atoms with van der Waals surface area (Å²) in [6.45, 7) is 2.42. The van der Waals surface area contributed by atoms with Crippen LogP contribution in [0.5, 0.6) is 5.88 Å². The predicted molar refractivity (Wildman–Crippen MR) is 103 cm³/mol. The summed E-state index contributed by atoms with van der Waals surface area (Å²) in [5.74, 6) is 0.325. The second-order valence-electron chi connectivity index (χ2n) is 6.67. The minimum absolute atomic E-state index is 0.207. The molecule has 7 nitrogen and oxygen atoms in total. The van der Waals surface area contributed by atoms with Crippen LogP contribution in [0.2, 0.25) is 0 Å². The molecule has 1 aromatic carbocycles. The molecule has 1 atom stereocenters. The van der Waals surface area contributed by atoms with Crippen molar-refractivity contribution in [3.8, 4) is 11.9 Å². The molecule has 1 aliphatic heterocycles. The van der Waals surface area contributed by atoms with Gasteiger partial charge in [-0.3, -0.25) is 4.98 Å². The van der Waals surface area contributed by atoms with Crippen molar-refractivity contribution in [2.45, 2.75) is 24.3 Å². The first-order chi connectivity index (χ1) is 13.5. The number of para-hydroxylation sites is 1. The Balaban J connectivity index is 1.58. The lowest BCUT2D eigenvalue weighted by molar-refractivity contribution is 0.207. The van der Waals surface area contributed by atoms with Gasteiger partial charge >= 0.3 is 0 Å². The van der Waals surface area contributed by atoms with Crippen LogP contribution >= 0.6 is 0 Å². The van der Waals surface area contributed by atoms with Crippen LogP contribution in [-0.4, -0.2) is 41.9 Å². The van der Waals surface area contributed by atoms with E-state index in [0.29, 0.717) is 29.9 Å². The van der Waals surface area contributed by atoms with Crippen molar-refractivity contribution in [3.63, 3.8) is 0 Å². The molecule has 1 fully saturated rings. The lowest BCUT2D eigenvalue weighted by Gasteiger charge is -2.18. The molecule has 0 aliphatic carbocycles. The van der Waals surface area contributed by atoms with Gasteiger partial charge < -0.3 is 4.74 Å². The molecular weight excluding hydrogens is 376 g/mol. The fourth-order valence-electron chi connectivity index (χ4n) is 3.29. The summed E-state index contributed by atoms with van der Waals surface area (Å²) in [5, 5.41) is 9.77. The molecule has 3 aromatic rings. The highest BCUT2D eigenvalue weighted by Crippen LogP contribution is 2.28. The lowest BCUT2D eigenvalue weighted by atomic mass is 10.2. The minimum Gasteiger partial charge on any atom is -0.473 e. The van der Waals surface area contributed by atoms with Crippen molar-refractivity contribution in [2.75, 3.05) is 13.1 Å². The molecule has 0 radical (unpaired) electrons. The zero-order valence-corrected chi connectivity index (χ0v) is 16.1. The Kier molecular flexibility index (Phi) is 4.71. The third-order valence-corrected chi connectivity index (χ3v) is 6.60. The van der Waals surface area contributed by atoms with Crippen molar-refractivity contribution in [1.82, 2.24) is 14.3 Å². The first kappa shape index (κ1) is 18.3. The highest BCUT2D eigenvalue weighted by atomic mass is 32.2. The summed E-state index contributed by atoms with van der Waals surface area (Å²) in [4.78, 5) is 8.74. The zero-order chi connectivity index (χ0) is 19.7. The summed E-state index contributed by atoms with van der Waals surface area (Å²) in [6.07, 6.45) is 1.73. The molecule has 28 heavy (non-hydrogen) atoms. The summed E-state index contributed by atoms with van der Waals surface area (Å²) in [5.41, 5.74) is 1.70.